The Kier molecular flexibility index (Phi) is 8.09. The number of carboxylic acids is 1. The molecule has 0 fully saturated rings. The van der Waals surface area contributed by atoms with Crippen molar-refractivity contribution >= 4 is 29.1 Å². The number of aliphatic carboxylic acids is 1. The Balaban J connectivity index is 2.06. The van der Waals surface area contributed by atoms with E-state index in [1.807, 2.05) is 39.0 Å². The van der Waals surface area contributed by atoms with Crippen LogP contribution < -0.4 is 15.8 Å². The van der Waals surface area contributed by atoms with Crippen LogP contribution in [-0.4, -0.2) is 39.7 Å². The van der Waals surface area contributed by atoms with Crippen molar-refractivity contribution in [2.75, 3.05) is 24.7 Å². The van der Waals surface area contributed by atoms with Crippen LogP contribution in [0.2, 0.25) is 0 Å². The Morgan fingerprint density at radius 3 is 2.59 bits per heavy atom. The number of aryl methyl sites for hydroxylation is 2. The Bertz CT molecular complexity index is 1160. The number of nitrogen functional groups attached to an aromatic ring is 1. The Labute approximate surface area is 204 Å². The van der Waals surface area contributed by atoms with Crippen molar-refractivity contribution in [2.45, 2.75) is 58.8 Å². The molecule has 4 N–H and O–H groups in total. The molecule has 8 nitrogen and oxygen atoms in total. The van der Waals surface area contributed by atoms with Crippen molar-refractivity contribution in [3.63, 3.8) is 0 Å². The minimum Gasteiger partial charge on any atom is -0.496 e. The minimum absolute atomic E-state index is 0.233. The maximum atomic E-state index is 12.6. The Morgan fingerprint density at radius 2 is 2.00 bits per heavy atom. The van der Waals surface area contributed by atoms with Crippen LogP contribution in [0.4, 0.5) is 11.8 Å². The van der Waals surface area contributed by atoms with Gasteiger partial charge in [-0.05, 0) is 43.9 Å². The van der Waals surface area contributed by atoms with Gasteiger partial charge in [0.15, 0.2) is 0 Å². The van der Waals surface area contributed by atoms with Crippen molar-refractivity contribution in [1.82, 2.24) is 15.0 Å². The summed E-state index contributed by atoms with van der Waals surface area (Å²) in [4.78, 5) is 26.4. The molecule has 1 atom stereocenters. The van der Waals surface area contributed by atoms with Gasteiger partial charge in [0.05, 0.1) is 18.3 Å². The number of aromatic nitrogens is 3. The Morgan fingerprint density at radius 1 is 1.24 bits per heavy atom. The molecule has 1 unspecified atom stereocenters. The summed E-state index contributed by atoms with van der Waals surface area (Å²) in [6.07, 6.45) is 3.00. The zero-order valence-electron chi connectivity index (χ0n) is 20.4. The van der Waals surface area contributed by atoms with E-state index in [0.717, 1.165) is 52.6 Å². The van der Waals surface area contributed by atoms with E-state index in [4.69, 9.17) is 10.5 Å². The monoisotopic (exact) mass is 483 g/mol. The molecule has 0 aliphatic heterocycles. The minimum atomic E-state index is -1.19. The molecule has 0 bridgehead atoms. The van der Waals surface area contributed by atoms with Crippen LogP contribution in [0.5, 0.6) is 5.75 Å². The highest BCUT2D eigenvalue weighted by molar-refractivity contribution is 7.10. The van der Waals surface area contributed by atoms with Crippen LogP contribution in [-0.2, 0) is 16.6 Å². The van der Waals surface area contributed by atoms with Gasteiger partial charge < -0.3 is 20.9 Å². The smallest absolute Gasteiger partial charge is 0.319 e. The van der Waals surface area contributed by atoms with Crippen molar-refractivity contribution < 1.29 is 14.6 Å². The highest BCUT2D eigenvalue weighted by Crippen LogP contribution is 2.42. The van der Waals surface area contributed by atoms with E-state index in [1.165, 1.54) is 11.3 Å². The van der Waals surface area contributed by atoms with Crippen LogP contribution in [0.25, 0.3) is 0 Å². The lowest BCUT2D eigenvalue weighted by Crippen LogP contribution is -2.36. The van der Waals surface area contributed by atoms with Gasteiger partial charge in [0, 0.05) is 29.1 Å². The maximum absolute atomic E-state index is 12.6. The number of nitrogens with two attached hydrogens (primary N) is 1. The van der Waals surface area contributed by atoms with Gasteiger partial charge in [-0.2, -0.15) is 4.98 Å². The molecule has 0 amide bonds. The topological polar surface area (TPSA) is 123 Å². The number of carbonyl (C=O) groups is 1. The number of hydrogen-bond acceptors (Lipinski definition) is 8. The Hall–Kier alpha value is -3.20. The second-order valence-electron chi connectivity index (χ2n) is 8.31. The second-order valence-corrected chi connectivity index (χ2v) is 9.16. The largest absolute Gasteiger partial charge is 0.496 e. The first-order valence-electron chi connectivity index (χ1n) is 11.5. The molecule has 2 aromatic heterocycles. The lowest BCUT2D eigenvalue weighted by molar-refractivity contribution is -0.142. The fourth-order valence-electron chi connectivity index (χ4n) is 4.28. The molecule has 3 aromatic rings. The van der Waals surface area contributed by atoms with E-state index in [2.05, 4.69) is 27.2 Å². The SMILES string of the molecule is CCCCNc1nc(N)nc(C)c1Cc1ccc(C(CC)(C(=O)O)c2scnc2C)cc1OC. The molecule has 2 heterocycles. The summed E-state index contributed by atoms with van der Waals surface area (Å²) < 4.78 is 5.74. The van der Waals surface area contributed by atoms with Crippen LogP contribution in [0.3, 0.4) is 0 Å². The molecule has 3 rings (SSSR count). The number of ether oxygens (including phenoxy) is 1. The van der Waals surface area contributed by atoms with Crippen LogP contribution in [0, 0.1) is 13.8 Å². The molecular formula is C25H33N5O3S. The number of benzene rings is 1. The summed E-state index contributed by atoms with van der Waals surface area (Å²) in [6.45, 7) is 8.58. The normalized spacial score (nSPS) is 12.9. The summed E-state index contributed by atoms with van der Waals surface area (Å²) >= 11 is 1.37. The number of nitrogens with one attached hydrogen (secondary N) is 1. The molecule has 1 aromatic carbocycles. The third kappa shape index (κ3) is 4.84. The molecule has 0 saturated heterocycles. The maximum Gasteiger partial charge on any atom is 0.319 e. The molecule has 0 spiro atoms. The highest BCUT2D eigenvalue weighted by Gasteiger charge is 2.43. The number of thiazole rings is 1. The van der Waals surface area contributed by atoms with E-state index >= 15 is 0 Å². The fraction of sp³-hybridized carbons (Fsp3) is 0.440. The van der Waals surface area contributed by atoms with Gasteiger partial charge in [0.25, 0.3) is 0 Å². The van der Waals surface area contributed by atoms with Gasteiger partial charge in [-0.25, -0.2) is 9.97 Å². The number of nitrogens with zero attached hydrogens (tertiary/aromatic N) is 3. The summed E-state index contributed by atoms with van der Waals surface area (Å²) in [6, 6.07) is 5.65. The first-order chi connectivity index (χ1) is 16.3. The van der Waals surface area contributed by atoms with E-state index in [1.54, 1.807) is 12.6 Å². The number of carboxylic acid groups (broad SMARTS) is 1. The molecule has 34 heavy (non-hydrogen) atoms. The highest BCUT2D eigenvalue weighted by atomic mass is 32.1. The number of unbranched alkanes of at least 4 members (excludes halogenated alkanes) is 1. The zero-order valence-corrected chi connectivity index (χ0v) is 21.3. The van der Waals surface area contributed by atoms with Gasteiger partial charge in [-0.1, -0.05) is 32.4 Å². The lowest BCUT2D eigenvalue weighted by atomic mass is 9.75. The zero-order chi connectivity index (χ0) is 24.9. The lowest BCUT2D eigenvalue weighted by Gasteiger charge is -2.29. The quantitative estimate of drug-likeness (QED) is 0.335. The molecule has 9 heteroatoms. The van der Waals surface area contributed by atoms with Gasteiger partial charge in [0.1, 0.15) is 17.0 Å². The number of anilines is 2. The predicted octanol–water partition coefficient (Wildman–Crippen LogP) is 4.72. The van der Waals surface area contributed by atoms with Crippen molar-refractivity contribution in [2.24, 2.45) is 0 Å². The van der Waals surface area contributed by atoms with E-state index in [-0.39, 0.29) is 5.95 Å². The second kappa shape index (κ2) is 10.8. The predicted molar refractivity (Wildman–Crippen MR) is 136 cm³/mol. The molecule has 182 valence electrons. The summed E-state index contributed by atoms with van der Waals surface area (Å²) in [5.74, 6) is 0.673. The van der Waals surface area contributed by atoms with E-state index in [9.17, 15) is 9.90 Å². The summed E-state index contributed by atoms with van der Waals surface area (Å²) in [5.41, 5.74) is 10.5. The van der Waals surface area contributed by atoms with Crippen molar-refractivity contribution in [3.05, 3.63) is 56.7 Å². The van der Waals surface area contributed by atoms with Crippen LogP contribution in [0.1, 0.15) is 66.1 Å². The van der Waals surface area contributed by atoms with E-state index < -0.39 is 11.4 Å². The average Bonchev–Trinajstić information content (AvgIpc) is 3.23. The van der Waals surface area contributed by atoms with E-state index in [0.29, 0.717) is 24.2 Å². The fourth-order valence-corrected chi connectivity index (χ4v) is 5.37. The first kappa shape index (κ1) is 25.4. The number of hydrogen-bond donors (Lipinski definition) is 3. The standard InChI is InChI=1S/C25H33N5O3S/c1-6-8-11-27-22-19(15(3)29-24(26)30-22)12-17-9-10-18(13-20(17)33-5)25(7-2,23(31)32)21-16(4)28-14-34-21/h9-10,13-14H,6-8,11-12H2,1-5H3,(H,31,32)(H3,26,27,29,30). The molecular weight excluding hydrogens is 450 g/mol. The van der Waals surface area contributed by atoms with Crippen molar-refractivity contribution in [3.8, 4) is 5.75 Å². The van der Waals surface area contributed by atoms with Crippen molar-refractivity contribution in [1.29, 1.82) is 0 Å². The van der Waals surface area contributed by atoms with Gasteiger partial charge in [-0.15, -0.1) is 11.3 Å². The summed E-state index contributed by atoms with van der Waals surface area (Å²) in [5, 5.41) is 13.7. The van der Waals surface area contributed by atoms with Gasteiger partial charge in [0.2, 0.25) is 5.95 Å². The third-order valence-electron chi connectivity index (χ3n) is 6.23. The molecule has 0 saturated carbocycles. The molecule has 0 aliphatic rings. The average molecular weight is 484 g/mol. The number of rotatable bonds is 11. The third-order valence-corrected chi connectivity index (χ3v) is 7.32. The number of methoxy groups -OCH3 is 1. The molecule has 0 aliphatic carbocycles. The molecule has 0 radical (unpaired) electrons. The van der Waals surface area contributed by atoms with Gasteiger partial charge >= 0.3 is 5.97 Å². The van der Waals surface area contributed by atoms with Crippen LogP contribution in [0.15, 0.2) is 23.7 Å². The summed E-state index contributed by atoms with van der Waals surface area (Å²) in [7, 11) is 1.60. The van der Waals surface area contributed by atoms with Crippen LogP contribution >= 0.6 is 11.3 Å². The van der Waals surface area contributed by atoms with Gasteiger partial charge in [-0.3, -0.25) is 4.79 Å². The first-order valence-corrected chi connectivity index (χ1v) is 12.3.